The lowest BCUT2D eigenvalue weighted by atomic mass is 9.72. The van der Waals surface area contributed by atoms with Crippen LogP contribution in [0.4, 0.5) is 5.69 Å². The number of aryl methyl sites for hydroxylation is 2. The van der Waals surface area contributed by atoms with Gasteiger partial charge >= 0.3 is 0 Å². The highest BCUT2D eigenvalue weighted by molar-refractivity contribution is 6.93. The quantitative estimate of drug-likeness (QED) is 0.272. The molecule has 0 radical (unpaired) electrons. The van der Waals surface area contributed by atoms with Crippen molar-refractivity contribution in [1.82, 2.24) is 4.98 Å². The van der Waals surface area contributed by atoms with Crippen LogP contribution in [0.5, 0.6) is 11.5 Å². The van der Waals surface area contributed by atoms with Crippen molar-refractivity contribution >= 4 is 32.5 Å². The van der Waals surface area contributed by atoms with E-state index in [1.54, 1.807) is 0 Å². The molecule has 5 heteroatoms. The second-order valence-electron chi connectivity index (χ2n) is 17.1. The fourth-order valence-corrected chi connectivity index (χ4v) is 11.9. The molecule has 3 nitrogen and oxygen atoms in total. The van der Waals surface area contributed by atoms with Gasteiger partial charge in [-0.15, -0.1) is 0 Å². The topological polar surface area (TPSA) is 33.3 Å². The molecule has 0 aromatic heterocycles. The Morgan fingerprint density at radius 1 is 0.651 bits per heavy atom. The van der Waals surface area contributed by atoms with Crippen molar-refractivity contribution in [2.45, 2.75) is 132 Å². The van der Waals surface area contributed by atoms with Crippen LogP contribution in [0, 0.1) is 13.8 Å². The van der Waals surface area contributed by atoms with Crippen molar-refractivity contribution < 1.29 is 4.74 Å². The first kappa shape index (κ1) is 33.5. The Balaban J connectivity index is 2.04. The molecule has 0 aliphatic carbocycles. The van der Waals surface area contributed by atoms with Gasteiger partial charge in [-0.2, -0.15) is 0 Å². The third-order valence-electron chi connectivity index (χ3n) is 9.14. The van der Waals surface area contributed by atoms with E-state index in [2.05, 4.69) is 162 Å². The molecular weight excluding hydrogens is 557 g/mol. The number of ether oxygens (including phenoxy) is 1. The summed E-state index contributed by atoms with van der Waals surface area (Å²) >= 11 is 0. The summed E-state index contributed by atoms with van der Waals surface area (Å²) in [4.78, 5) is 8.04. The van der Waals surface area contributed by atoms with Gasteiger partial charge in [0.15, 0.2) is 16.5 Å². The average Bonchev–Trinajstić information content (AvgIpc) is 2.80. The summed E-state index contributed by atoms with van der Waals surface area (Å²) in [7, 11) is -4.32. The first-order valence-corrected chi connectivity index (χ1v) is 22.1. The van der Waals surface area contributed by atoms with Crippen LogP contribution in [0.1, 0.15) is 103 Å². The van der Waals surface area contributed by atoms with Crippen molar-refractivity contribution in [2.24, 2.45) is 0 Å². The second-order valence-corrected chi connectivity index (χ2v) is 25.2. The van der Waals surface area contributed by atoms with Crippen LogP contribution >= 0.6 is 0 Å². The predicted octanol–water partition coefficient (Wildman–Crippen LogP) is 9.26. The second kappa shape index (κ2) is 10.9. The maximum Gasteiger partial charge on any atom is 0.183 e. The minimum absolute atomic E-state index is 0.0129. The molecule has 1 heterocycles. The van der Waals surface area contributed by atoms with Crippen molar-refractivity contribution in [1.29, 1.82) is 0 Å². The fourth-order valence-electron chi connectivity index (χ4n) is 6.72. The summed E-state index contributed by atoms with van der Waals surface area (Å²) < 4.78 is 7.34. The van der Waals surface area contributed by atoms with Gasteiger partial charge in [-0.3, -0.25) is 0 Å². The molecule has 3 aromatic rings. The summed E-state index contributed by atoms with van der Waals surface area (Å²) in [6, 6.07) is 17.0. The SMILES string of the molecule is Cc1cc(C)cc(N[Si](C)(C)c2cc(C(C)(C)C)cc3c2Oc2c(cc(C(C)(C)C)cc2[Si](C)(C)NC(C)C)C3(C)C)c1. The van der Waals surface area contributed by atoms with Gasteiger partial charge in [0.2, 0.25) is 0 Å². The lowest BCUT2D eigenvalue weighted by Gasteiger charge is -2.42. The van der Waals surface area contributed by atoms with Crippen LogP contribution < -0.4 is 25.1 Å². The maximum absolute atomic E-state index is 7.34. The summed E-state index contributed by atoms with van der Waals surface area (Å²) in [5, 5.41) is 2.71. The molecule has 3 aromatic carbocycles. The predicted molar refractivity (Wildman–Crippen MR) is 195 cm³/mol. The molecule has 2 N–H and O–H groups in total. The van der Waals surface area contributed by atoms with Gasteiger partial charge in [0.25, 0.3) is 0 Å². The summed E-state index contributed by atoms with van der Waals surface area (Å²) in [6.07, 6.45) is 0. The molecule has 0 fully saturated rings. The van der Waals surface area contributed by atoms with E-state index in [0.29, 0.717) is 6.04 Å². The zero-order valence-corrected chi connectivity index (χ0v) is 32.0. The van der Waals surface area contributed by atoms with Gasteiger partial charge in [0.05, 0.1) is 0 Å². The minimum atomic E-state index is -2.25. The maximum atomic E-state index is 7.34. The molecule has 0 saturated carbocycles. The van der Waals surface area contributed by atoms with Gasteiger partial charge in [0.1, 0.15) is 11.5 Å². The van der Waals surface area contributed by atoms with Gasteiger partial charge in [0, 0.05) is 27.4 Å². The Morgan fingerprint density at radius 3 is 1.47 bits per heavy atom. The first-order chi connectivity index (χ1) is 19.4. The molecule has 0 bridgehead atoms. The first-order valence-electron chi connectivity index (χ1n) is 16.1. The highest BCUT2D eigenvalue weighted by Crippen LogP contribution is 2.49. The van der Waals surface area contributed by atoms with Gasteiger partial charge < -0.3 is 14.7 Å². The molecule has 0 atom stereocenters. The van der Waals surface area contributed by atoms with Crippen LogP contribution in [0.3, 0.4) is 0 Å². The Kier molecular flexibility index (Phi) is 8.52. The Bertz CT molecular complexity index is 1510. The van der Waals surface area contributed by atoms with E-state index < -0.39 is 16.5 Å². The van der Waals surface area contributed by atoms with Gasteiger partial charge in [-0.1, -0.05) is 113 Å². The third-order valence-corrected chi connectivity index (χ3v) is 14.8. The van der Waals surface area contributed by atoms with E-state index >= 15 is 0 Å². The lowest BCUT2D eigenvalue weighted by Crippen LogP contribution is -2.59. The van der Waals surface area contributed by atoms with E-state index in [-0.39, 0.29) is 16.2 Å². The number of rotatable bonds is 6. The molecule has 0 saturated heterocycles. The van der Waals surface area contributed by atoms with E-state index in [0.717, 1.165) is 11.5 Å². The fraction of sp³-hybridized carbons (Fsp3) is 0.526. The van der Waals surface area contributed by atoms with Crippen LogP contribution in [0.2, 0.25) is 26.2 Å². The van der Waals surface area contributed by atoms with Crippen molar-refractivity contribution in [3.05, 3.63) is 75.8 Å². The largest absolute Gasteiger partial charge is 0.457 e. The number of benzene rings is 3. The van der Waals surface area contributed by atoms with Crippen LogP contribution in [0.15, 0.2) is 42.5 Å². The van der Waals surface area contributed by atoms with E-state index in [9.17, 15) is 0 Å². The average molecular weight is 615 g/mol. The standard InChI is InChI=1S/C38H58N2OSi2/c1-24(2)39-42(13,14)32-22-27(36(5,6)7)20-30-34(32)41-35-31(38(30,11)12)21-28(37(8,9)10)23-33(35)43(15,16)40-29-18-25(3)17-26(4)19-29/h17-24,39-40H,1-16H3. The summed E-state index contributed by atoms with van der Waals surface area (Å²) in [6.45, 7) is 37.4. The van der Waals surface area contributed by atoms with Crippen LogP contribution in [-0.4, -0.2) is 22.5 Å². The molecule has 4 rings (SSSR count). The van der Waals surface area contributed by atoms with Gasteiger partial charge in [-0.05, 0) is 83.4 Å². The molecule has 0 amide bonds. The molecular formula is C38H58N2OSi2. The molecule has 0 spiro atoms. The Hall–Kier alpha value is -2.35. The molecule has 1 aliphatic heterocycles. The van der Waals surface area contributed by atoms with E-state index in [1.165, 1.54) is 49.4 Å². The van der Waals surface area contributed by atoms with Crippen molar-refractivity contribution in [3.63, 3.8) is 0 Å². The number of anilines is 1. The smallest absolute Gasteiger partial charge is 0.183 e. The number of hydrogen-bond donors (Lipinski definition) is 2. The van der Waals surface area contributed by atoms with Gasteiger partial charge in [-0.25, -0.2) is 0 Å². The highest BCUT2D eigenvalue weighted by Gasteiger charge is 2.44. The van der Waals surface area contributed by atoms with Crippen LogP contribution in [0.25, 0.3) is 0 Å². The summed E-state index contributed by atoms with van der Waals surface area (Å²) in [5.74, 6) is 2.15. The normalized spacial score (nSPS) is 15.2. The van der Waals surface area contributed by atoms with Crippen molar-refractivity contribution in [2.75, 3.05) is 4.98 Å². The summed E-state index contributed by atoms with van der Waals surface area (Å²) in [5.41, 5.74) is 8.96. The van der Waals surface area contributed by atoms with E-state index in [1.807, 2.05) is 0 Å². The number of fused-ring (bicyclic) bond motifs is 2. The molecule has 1 aliphatic rings. The zero-order chi connectivity index (χ0) is 32.5. The Morgan fingerprint density at radius 2 is 1.07 bits per heavy atom. The minimum Gasteiger partial charge on any atom is -0.457 e. The van der Waals surface area contributed by atoms with E-state index in [4.69, 9.17) is 4.74 Å². The molecule has 43 heavy (non-hydrogen) atoms. The molecule has 234 valence electrons. The van der Waals surface area contributed by atoms with Crippen molar-refractivity contribution in [3.8, 4) is 11.5 Å². The highest BCUT2D eigenvalue weighted by atomic mass is 28.3. The third kappa shape index (κ3) is 6.69. The monoisotopic (exact) mass is 614 g/mol. The van der Waals surface area contributed by atoms with Crippen LogP contribution in [-0.2, 0) is 16.2 Å². The lowest BCUT2D eigenvalue weighted by molar-refractivity contribution is 0.420. The number of hydrogen-bond acceptors (Lipinski definition) is 3. The Labute approximate surface area is 265 Å². The molecule has 0 unspecified atom stereocenters. The zero-order valence-electron chi connectivity index (χ0n) is 30.0. The number of nitrogens with one attached hydrogen (secondary N) is 2.